The molecule has 23 heavy (non-hydrogen) atoms. The maximum absolute atomic E-state index is 6.09. The van der Waals surface area contributed by atoms with E-state index >= 15 is 0 Å². The second-order valence-electron chi connectivity index (χ2n) is 6.85. The van der Waals surface area contributed by atoms with Crippen LogP contribution in [0.15, 0.2) is 18.2 Å². The lowest BCUT2D eigenvalue weighted by Gasteiger charge is -2.37. The zero-order valence-corrected chi connectivity index (χ0v) is 15.2. The normalized spacial score (nSPS) is 24.0. The summed E-state index contributed by atoms with van der Waals surface area (Å²) >= 11 is 12.1. The number of rotatable bonds is 5. The van der Waals surface area contributed by atoms with E-state index in [2.05, 4.69) is 21.2 Å². The molecule has 2 aliphatic heterocycles. The molecule has 2 aliphatic rings. The minimum absolute atomic E-state index is 0.640. The van der Waals surface area contributed by atoms with E-state index in [0.29, 0.717) is 10.0 Å². The molecule has 3 nitrogen and oxygen atoms in total. The number of nitrogens with one attached hydrogen (secondary N) is 1. The van der Waals surface area contributed by atoms with Crippen LogP contribution in [0.1, 0.15) is 18.4 Å². The van der Waals surface area contributed by atoms with Crippen molar-refractivity contribution < 1.29 is 0 Å². The molecule has 5 heteroatoms. The van der Waals surface area contributed by atoms with Gasteiger partial charge in [0.1, 0.15) is 0 Å². The number of nitrogens with zero attached hydrogens (tertiary/aromatic N) is 2. The summed E-state index contributed by atoms with van der Waals surface area (Å²) in [6, 6.07) is 5.98. The minimum Gasteiger partial charge on any atom is -0.316 e. The van der Waals surface area contributed by atoms with Crippen LogP contribution >= 0.6 is 23.2 Å². The van der Waals surface area contributed by atoms with Gasteiger partial charge >= 0.3 is 0 Å². The fraction of sp³-hybridized carbons (Fsp3) is 0.667. The first kappa shape index (κ1) is 17.5. The summed E-state index contributed by atoms with van der Waals surface area (Å²) in [6.45, 7) is 9.57. The Morgan fingerprint density at radius 3 is 2.52 bits per heavy atom. The average molecular weight is 356 g/mol. The lowest BCUT2D eigenvalue weighted by atomic mass is 9.99. The van der Waals surface area contributed by atoms with Crippen LogP contribution in [-0.4, -0.2) is 62.2 Å². The smallest absolute Gasteiger partial charge is 0.0595 e. The van der Waals surface area contributed by atoms with E-state index in [1.807, 2.05) is 12.1 Å². The number of halogens is 2. The molecule has 1 aromatic carbocycles. The van der Waals surface area contributed by atoms with Crippen molar-refractivity contribution in [2.75, 3.05) is 52.4 Å². The first-order valence-corrected chi connectivity index (χ1v) is 9.55. The van der Waals surface area contributed by atoms with Crippen LogP contribution in [0.5, 0.6) is 0 Å². The van der Waals surface area contributed by atoms with Crippen molar-refractivity contribution in [2.45, 2.75) is 19.3 Å². The molecular formula is C18H27Cl2N3. The molecule has 0 aromatic heterocycles. The number of hydrogen-bond donors (Lipinski definition) is 1. The van der Waals surface area contributed by atoms with Crippen molar-refractivity contribution in [1.29, 1.82) is 0 Å². The number of piperazine rings is 1. The average Bonchev–Trinajstić information content (AvgIpc) is 2.58. The predicted molar refractivity (Wildman–Crippen MR) is 98.6 cm³/mol. The Morgan fingerprint density at radius 2 is 1.83 bits per heavy atom. The van der Waals surface area contributed by atoms with E-state index in [9.17, 15) is 0 Å². The van der Waals surface area contributed by atoms with Crippen molar-refractivity contribution in [2.24, 2.45) is 5.92 Å². The first-order chi connectivity index (χ1) is 11.2. The van der Waals surface area contributed by atoms with E-state index in [1.165, 1.54) is 64.2 Å². The van der Waals surface area contributed by atoms with E-state index < -0.39 is 0 Å². The summed E-state index contributed by atoms with van der Waals surface area (Å²) in [7, 11) is 0. The van der Waals surface area contributed by atoms with Crippen LogP contribution in [0.2, 0.25) is 10.0 Å². The minimum atomic E-state index is 0.640. The Hall–Kier alpha value is -0.320. The standard InChI is InChI=1S/C18H27Cl2N3/c19-17-4-3-15(12-18(17)20)5-7-22-8-10-23(11-9-22)14-16-2-1-6-21-13-16/h3-4,12,16,21H,1-2,5-11,13-14H2. The third-order valence-corrected chi connectivity index (χ3v) is 5.82. The van der Waals surface area contributed by atoms with Gasteiger partial charge in [0.15, 0.2) is 0 Å². The van der Waals surface area contributed by atoms with Crippen molar-refractivity contribution in [3.05, 3.63) is 33.8 Å². The van der Waals surface area contributed by atoms with E-state index in [1.54, 1.807) is 0 Å². The van der Waals surface area contributed by atoms with Gasteiger partial charge in [-0.2, -0.15) is 0 Å². The summed E-state index contributed by atoms with van der Waals surface area (Å²) in [6.07, 6.45) is 3.78. The van der Waals surface area contributed by atoms with E-state index in [0.717, 1.165) is 18.9 Å². The topological polar surface area (TPSA) is 18.5 Å². The Labute approximate surface area is 149 Å². The highest BCUT2D eigenvalue weighted by molar-refractivity contribution is 6.42. The fourth-order valence-electron chi connectivity index (χ4n) is 3.62. The Morgan fingerprint density at radius 1 is 1.04 bits per heavy atom. The molecule has 2 saturated heterocycles. The summed E-state index contributed by atoms with van der Waals surface area (Å²) in [5.74, 6) is 0.853. The number of hydrogen-bond acceptors (Lipinski definition) is 3. The van der Waals surface area contributed by atoms with Gasteiger partial charge in [0.25, 0.3) is 0 Å². The van der Waals surface area contributed by atoms with Crippen molar-refractivity contribution in [3.8, 4) is 0 Å². The molecule has 1 atom stereocenters. The first-order valence-electron chi connectivity index (χ1n) is 8.80. The molecular weight excluding hydrogens is 329 g/mol. The van der Waals surface area contributed by atoms with Gasteiger partial charge in [-0.3, -0.25) is 0 Å². The van der Waals surface area contributed by atoms with Gasteiger partial charge in [-0.25, -0.2) is 0 Å². The third kappa shape index (κ3) is 5.33. The molecule has 0 bridgehead atoms. The number of benzene rings is 1. The van der Waals surface area contributed by atoms with Crippen LogP contribution in [0.3, 0.4) is 0 Å². The molecule has 3 rings (SSSR count). The van der Waals surface area contributed by atoms with Gasteiger partial charge in [-0.05, 0) is 56.0 Å². The molecule has 0 amide bonds. The van der Waals surface area contributed by atoms with Crippen molar-refractivity contribution in [3.63, 3.8) is 0 Å². The summed E-state index contributed by atoms with van der Waals surface area (Å²) in [5.41, 5.74) is 1.27. The van der Waals surface area contributed by atoms with Gasteiger partial charge in [0.05, 0.1) is 10.0 Å². The second-order valence-corrected chi connectivity index (χ2v) is 7.67. The predicted octanol–water partition coefficient (Wildman–Crippen LogP) is 3.15. The fourth-order valence-corrected chi connectivity index (χ4v) is 3.94. The van der Waals surface area contributed by atoms with Crippen molar-refractivity contribution in [1.82, 2.24) is 15.1 Å². The molecule has 1 unspecified atom stereocenters. The SMILES string of the molecule is Clc1ccc(CCN2CCN(CC3CCCNC3)CC2)cc1Cl. The lowest BCUT2D eigenvalue weighted by molar-refractivity contribution is 0.113. The largest absolute Gasteiger partial charge is 0.316 e. The Kier molecular flexibility index (Phi) is 6.61. The molecule has 0 saturated carbocycles. The van der Waals surface area contributed by atoms with Gasteiger partial charge in [0.2, 0.25) is 0 Å². The van der Waals surface area contributed by atoms with Crippen molar-refractivity contribution >= 4 is 23.2 Å². The molecule has 2 fully saturated rings. The quantitative estimate of drug-likeness (QED) is 0.874. The van der Waals surface area contributed by atoms with Crippen LogP contribution in [-0.2, 0) is 6.42 Å². The highest BCUT2D eigenvalue weighted by atomic mass is 35.5. The molecule has 0 spiro atoms. The lowest BCUT2D eigenvalue weighted by Crippen LogP contribution is -2.49. The summed E-state index contributed by atoms with van der Waals surface area (Å²) < 4.78 is 0. The maximum atomic E-state index is 6.09. The molecule has 0 aliphatic carbocycles. The molecule has 0 radical (unpaired) electrons. The van der Waals surface area contributed by atoms with Gasteiger partial charge < -0.3 is 15.1 Å². The van der Waals surface area contributed by atoms with Gasteiger partial charge in [-0.15, -0.1) is 0 Å². The van der Waals surface area contributed by atoms with E-state index in [4.69, 9.17) is 23.2 Å². The Bertz CT molecular complexity index is 495. The Balaban J connectivity index is 1.37. The second kappa shape index (κ2) is 8.68. The number of piperidine rings is 1. The highest BCUT2D eigenvalue weighted by Gasteiger charge is 2.21. The molecule has 2 heterocycles. The van der Waals surface area contributed by atoms with Crippen LogP contribution in [0.4, 0.5) is 0 Å². The zero-order valence-electron chi connectivity index (χ0n) is 13.7. The highest BCUT2D eigenvalue weighted by Crippen LogP contribution is 2.23. The van der Waals surface area contributed by atoms with E-state index in [-0.39, 0.29) is 0 Å². The monoisotopic (exact) mass is 355 g/mol. The van der Waals surface area contributed by atoms with Crippen LogP contribution in [0.25, 0.3) is 0 Å². The zero-order chi connectivity index (χ0) is 16.1. The maximum Gasteiger partial charge on any atom is 0.0595 e. The molecule has 1 N–H and O–H groups in total. The third-order valence-electron chi connectivity index (χ3n) is 5.08. The molecule has 128 valence electrons. The summed E-state index contributed by atoms with van der Waals surface area (Å²) in [5, 5.41) is 4.83. The van der Waals surface area contributed by atoms with Gasteiger partial charge in [-0.1, -0.05) is 29.3 Å². The van der Waals surface area contributed by atoms with Gasteiger partial charge in [0, 0.05) is 39.3 Å². The molecule has 1 aromatic rings. The van der Waals surface area contributed by atoms with Crippen LogP contribution in [0, 0.1) is 5.92 Å². The summed E-state index contributed by atoms with van der Waals surface area (Å²) in [4.78, 5) is 5.21. The van der Waals surface area contributed by atoms with Crippen LogP contribution < -0.4 is 5.32 Å².